The van der Waals surface area contributed by atoms with E-state index in [1.54, 1.807) is 12.1 Å². The van der Waals surface area contributed by atoms with Crippen LogP contribution < -0.4 is 0 Å². The summed E-state index contributed by atoms with van der Waals surface area (Å²) in [6.07, 6.45) is 2.13. The fourth-order valence-electron chi connectivity index (χ4n) is 0.358. The van der Waals surface area contributed by atoms with E-state index in [1.807, 2.05) is 0 Å². The van der Waals surface area contributed by atoms with Gasteiger partial charge in [-0.3, -0.25) is 4.79 Å². The first-order valence-electron chi connectivity index (χ1n) is 1.92. The second kappa shape index (κ2) is 1.60. The lowest BCUT2D eigenvalue weighted by Gasteiger charge is -1.68. The highest BCUT2D eigenvalue weighted by atomic mass is 16.3. The number of aldehydes is 1. The van der Waals surface area contributed by atoms with Gasteiger partial charge in [0.05, 0.1) is 6.26 Å². The Kier molecular flexibility index (Phi) is 0.941. The van der Waals surface area contributed by atoms with Crippen molar-refractivity contribution in [1.29, 1.82) is 0 Å². The Hall–Kier alpha value is -1.05. The van der Waals surface area contributed by atoms with Crippen LogP contribution in [0.3, 0.4) is 0 Å². The molecular weight excluding hydrogens is 93.0 g/mol. The summed E-state index contributed by atoms with van der Waals surface area (Å²) in [5.41, 5.74) is 0. The number of carbonyl (C=O) groups is 1. The van der Waals surface area contributed by atoms with Crippen LogP contribution in [0.1, 0.15) is 10.6 Å². The molecule has 1 aromatic rings. The highest BCUT2D eigenvalue weighted by Gasteiger charge is 1.84. The molecule has 0 fully saturated rings. The Morgan fingerprint density at radius 1 is 1.71 bits per heavy atom. The topological polar surface area (TPSA) is 30.2 Å². The van der Waals surface area contributed by atoms with Gasteiger partial charge in [0, 0.05) is 0 Å². The van der Waals surface area contributed by atoms with Crippen molar-refractivity contribution in [3.8, 4) is 0 Å². The Labute approximate surface area is 40.8 Å². The molecule has 0 spiro atoms. The smallest absolute Gasteiger partial charge is 0.185 e. The van der Waals surface area contributed by atoms with Crippen LogP contribution in [0.15, 0.2) is 22.8 Å². The van der Waals surface area contributed by atoms with Crippen LogP contribution in [0.5, 0.6) is 0 Å². The monoisotopic (exact) mass is 97.0 g/mol. The van der Waals surface area contributed by atoms with Crippen molar-refractivity contribution < 1.29 is 9.21 Å². The Morgan fingerprint density at radius 2 is 2.57 bits per heavy atom. The van der Waals surface area contributed by atoms with E-state index in [4.69, 9.17) is 0 Å². The number of rotatable bonds is 1. The molecule has 7 heavy (non-hydrogen) atoms. The predicted octanol–water partition coefficient (Wildman–Crippen LogP) is 1.09. The molecule has 0 atom stereocenters. The van der Waals surface area contributed by atoms with Crippen LogP contribution in [0.25, 0.3) is 0 Å². The average Bonchev–Trinajstić information content (AvgIpc) is 2.14. The number of hydrogen-bond acceptors (Lipinski definition) is 2. The van der Waals surface area contributed by atoms with Crippen LogP contribution in [0.4, 0.5) is 0 Å². The third-order valence-corrected chi connectivity index (χ3v) is 0.659. The first kappa shape index (κ1) is 4.12. The van der Waals surface area contributed by atoms with Gasteiger partial charge >= 0.3 is 0 Å². The molecule has 2 nitrogen and oxygen atoms in total. The third-order valence-electron chi connectivity index (χ3n) is 0.659. The second-order valence-corrected chi connectivity index (χ2v) is 1.13. The van der Waals surface area contributed by atoms with Gasteiger partial charge in [-0.2, -0.15) is 0 Å². The summed E-state index contributed by atoms with van der Waals surface area (Å²) in [6.45, 7) is 0. The molecule has 0 saturated heterocycles. The van der Waals surface area contributed by atoms with Crippen molar-refractivity contribution >= 4 is 6.29 Å². The predicted molar refractivity (Wildman–Crippen MR) is 24.1 cm³/mol. The van der Waals surface area contributed by atoms with Gasteiger partial charge in [0.15, 0.2) is 12.0 Å². The number of carbonyl (C=O) groups excluding carboxylic acids is 1. The number of furan rings is 1. The zero-order valence-electron chi connectivity index (χ0n) is 3.63. The van der Waals surface area contributed by atoms with Gasteiger partial charge in [0.1, 0.15) is 0 Å². The first-order valence-corrected chi connectivity index (χ1v) is 1.92. The van der Waals surface area contributed by atoms with Crippen molar-refractivity contribution in [1.82, 2.24) is 0 Å². The van der Waals surface area contributed by atoms with E-state index in [0.717, 1.165) is 0 Å². The van der Waals surface area contributed by atoms with E-state index in [-0.39, 0.29) is 0 Å². The molecule has 0 aliphatic rings. The summed E-state index contributed by atoms with van der Waals surface area (Å²) in [6, 6.07) is 3.27. The molecule has 0 saturated carbocycles. The van der Waals surface area contributed by atoms with E-state index in [0.29, 0.717) is 12.0 Å². The normalized spacial score (nSPS) is 8.57. The Balaban J connectivity index is 2.96. The second-order valence-electron chi connectivity index (χ2n) is 1.13. The summed E-state index contributed by atoms with van der Waals surface area (Å²) in [4.78, 5) is 9.77. The van der Waals surface area contributed by atoms with Crippen LogP contribution in [-0.4, -0.2) is 6.29 Å². The first-order chi connectivity index (χ1) is 3.43. The quantitative estimate of drug-likeness (QED) is 0.388. The van der Waals surface area contributed by atoms with Crippen LogP contribution in [0.2, 0.25) is 0 Å². The van der Waals surface area contributed by atoms with Gasteiger partial charge in [0.2, 0.25) is 0 Å². The molecule has 1 aromatic heterocycles. The lowest BCUT2D eigenvalue weighted by molar-refractivity contribution is 0.110. The van der Waals surface area contributed by atoms with Gasteiger partial charge in [-0.25, -0.2) is 0 Å². The maximum Gasteiger partial charge on any atom is 0.185 e. The molecule has 0 bridgehead atoms. The maximum atomic E-state index is 9.77. The largest absolute Gasteiger partial charge is 0.462 e. The molecule has 1 rings (SSSR count). The van der Waals surface area contributed by atoms with Crippen molar-refractivity contribution in [2.45, 2.75) is 0 Å². The highest BCUT2D eigenvalue weighted by Crippen LogP contribution is 1.92. The highest BCUT2D eigenvalue weighted by molar-refractivity contribution is 5.69. The van der Waals surface area contributed by atoms with E-state index in [9.17, 15) is 4.79 Å². The molecule has 0 aromatic carbocycles. The van der Waals surface area contributed by atoms with E-state index in [1.165, 1.54) is 6.26 Å². The SMILES string of the molecule is O=[13CH]c1ccco1. The minimum atomic E-state index is 0.375. The lowest BCUT2D eigenvalue weighted by Crippen LogP contribution is -1.65. The lowest BCUT2D eigenvalue weighted by atomic mass is 10.6. The van der Waals surface area contributed by atoms with Crippen LogP contribution in [-0.2, 0) is 0 Å². The summed E-state index contributed by atoms with van der Waals surface area (Å²) in [5.74, 6) is 0.375. The molecule has 0 N–H and O–H groups in total. The maximum absolute atomic E-state index is 9.77. The summed E-state index contributed by atoms with van der Waals surface area (Å²) in [5, 5.41) is 0. The van der Waals surface area contributed by atoms with Gasteiger partial charge < -0.3 is 4.42 Å². The fraction of sp³-hybridized carbons (Fsp3) is 0. The van der Waals surface area contributed by atoms with E-state index >= 15 is 0 Å². The molecule has 1 heterocycles. The fourth-order valence-corrected chi connectivity index (χ4v) is 0.358. The van der Waals surface area contributed by atoms with Gasteiger partial charge in [-0.1, -0.05) is 0 Å². The molecule has 36 valence electrons. The number of hydrogen-bond donors (Lipinski definition) is 0. The molecule has 0 radical (unpaired) electrons. The summed E-state index contributed by atoms with van der Waals surface area (Å²) < 4.78 is 4.61. The zero-order chi connectivity index (χ0) is 5.11. The average molecular weight is 97.1 g/mol. The minimum Gasteiger partial charge on any atom is -0.462 e. The van der Waals surface area contributed by atoms with Crippen molar-refractivity contribution in [2.75, 3.05) is 0 Å². The molecule has 0 unspecified atom stereocenters. The van der Waals surface area contributed by atoms with Crippen molar-refractivity contribution in [3.63, 3.8) is 0 Å². The molecular formula is C5H4O2. The third kappa shape index (κ3) is 0.682. The molecule has 2 heteroatoms. The standard InChI is InChI=1S/C5H4O2/c6-4-5-2-1-3-7-5/h1-4H/i4+1. The summed E-state index contributed by atoms with van der Waals surface area (Å²) in [7, 11) is 0. The van der Waals surface area contributed by atoms with Gasteiger partial charge in [-0.15, -0.1) is 0 Å². The molecule has 0 aliphatic heterocycles. The van der Waals surface area contributed by atoms with Crippen molar-refractivity contribution in [2.24, 2.45) is 0 Å². The Morgan fingerprint density at radius 3 is 2.86 bits per heavy atom. The van der Waals surface area contributed by atoms with E-state index < -0.39 is 0 Å². The summed E-state index contributed by atoms with van der Waals surface area (Å²) >= 11 is 0. The van der Waals surface area contributed by atoms with Crippen LogP contribution in [0, 0.1) is 0 Å². The van der Waals surface area contributed by atoms with Crippen LogP contribution >= 0.6 is 0 Å². The van der Waals surface area contributed by atoms with Gasteiger partial charge in [-0.05, 0) is 12.1 Å². The molecule has 0 amide bonds. The zero-order valence-corrected chi connectivity index (χ0v) is 3.63. The van der Waals surface area contributed by atoms with Crippen molar-refractivity contribution in [3.05, 3.63) is 24.2 Å². The Bertz CT molecular complexity index is 141. The molecule has 0 aliphatic carbocycles. The van der Waals surface area contributed by atoms with E-state index in [2.05, 4.69) is 4.42 Å². The van der Waals surface area contributed by atoms with Gasteiger partial charge in [0.25, 0.3) is 0 Å². The minimum absolute atomic E-state index is 0.375.